The molecule has 2 aliphatic heterocycles. The van der Waals surface area contributed by atoms with Crippen LogP contribution in [0.25, 0.3) is 0 Å². The van der Waals surface area contributed by atoms with E-state index in [1.807, 2.05) is 6.07 Å². The number of carbonyl (C=O) groups excluding carboxylic acids is 1. The number of rotatable bonds is 1. The summed E-state index contributed by atoms with van der Waals surface area (Å²) in [4.78, 5) is 14.6. The number of aryl methyl sites for hydroxylation is 2. The fraction of sp³-hybridized carbons (Fsp3) is 0.562. The largest absolute Gasteiger partial charge is 0.338 e. The highest BCUT2D eigenvalue weighted by Gasteiger charge is 2.38. The first-order valence-corrected chi connectivity index (χ1v) is 7.43. The molecule has 1 amide bonds. The molecule has 2 saturated heterocycles. The molecule has 1 aliphatic carbocycles. The summed E-state index contributed by atoms with van der Waals surface area (Å²) < 4.78 is 0. The third-order valence-electron chi connectivity index (χ3n) is 5.02. The van der Waals surface area contributed by atoms with Crippen molar-refractivity contribution < 1.29 is 4.79 Å². The Hall–Kier alpha value is -1.35. The summed E-state index contributed by atoms with van der Waals surface area (Å²) >= 11 is 0. The zero-order valence-electron chi connectivity index (χ0n) is 11.2. The van der Waals surface area contributed by atoms with E-state index in [0.29, 0.717) is 11.8 Å². The van der Waals surface area contributed by atoms with Gasteiger partial charge < -0.3 is 10.2 Å². The first-order valence-electron chi connectivity index (χ1n) is 7.43. The molecular formula is C16H20N2O. The van der Waals surface area contributed by atoms with Crippen LogP contribution >= 0.6 is 0 Å². The minimum Gasteiger partial charge on any atom is -0.338 e. The van der Waals surface area contributed by atoms with Gasteiger partial charge in [-0.05, 0) is 54.4 Å². The van der Waals surface area contributed by atoms with E-state index in [-0.39, 0.29) is 5.91 Å². The van der Waals surface area contributed by atoms with Crippen LogP contribution in [0.4, 0.5) is 0 Å². The van der Waals surface area contributed by atoms with Crippen molar-refractivity contribution in [1.29, 1.82) is 0 Å². The number of fused-ring (bicyclic) bond motifs is 2. The molecule has 4 rings (SSSR count). The van der Waals surface area contributed by atoms with Gasteiger partial charge in [-0.15, -0.1) is 0 Å². The summed E-state index contributed by atoms with van der Waals surface area (Å²) in [7, 11) is 0. The highest BCUT2D eigenvalue weighted by atomic mass is 16.2. The van der Waals surface area contributed by atoms with Crippen molar-refractivity contribution in [2.75, 3.05) is 26.2 Å². The van der Waals surface area contributed by atoms with Crippen molar-refractivity contribution in [3.63, 3.8) is 0 Å². The van der Waals surface area contributed by atoms with E-state index in [2.05, 4.69) is 22.3 Å². The fourth-order valence-electron chi connectivity index (χ4n) is 3.91. The topological polar surface area (TPSA) is 32.3 Å². The molecule has 3 nitrogen and oxygen atoms in total. The predicted octanol–water partition coefficient (Wildman–Crippen LogP) is 1.47. The molecular weight excluding hydrogens is 236 g/mol. The van der Waals surface area contributed by atoms with Crippen molar-refractivity contribution in [3.05, 3.63) is 34.9 Å². The van der Waals surface area contributed by atoms with Crippen LogP contribution in [0.3, 0.4) is 0 Å². The van der Waals surface area contributed by atoms with Crippen LogP contribution < -0.4 is 5.32 Å². The highest BCUT2D eigenvalue weighted by molar-refractivity contribution is 5.94. The molecule has 0 aromatic heterocycles. The normalized spacial score (nSPS) is 28.5. The Morgan fingerprint density at radius 1 is 1.11 bits per heavy atom. The van der Waals surface area contributed by atoms with E-state index in [4.69, 9.17) is 0 Å². The van der Waals surface area contributed by atoms with Gasteiger partial charge in [0, 0.05) is 31.7 Å². The lowest BCUT2D eigenvalue weighted by atomic mass is 10.0. The molecule has 2 heterocycles. The Balaban J connectivity index is 1.54. The zero-order valence-corrected chi connectivity index (χ0v) is 11.2. The quantitative estimate of drug-likeness (QED) is 0.825. The zero-order chi connectivity index (χ0) is 12.8. The van der Waals surface area contributed by atoms with Crippen molar-refractivity contribution in [2.45, 2.75) is 19.3 Å². The van der Waals surface area contributed by atoms with Gasteiger partial charge in [0.05, 0.1) is 0 Å². The molecule has 3 aliphatic rings. The Morgan fingerprint density at radius 2 is 1.84 bits per heavy atom. The third kappa shape index (κ3) is 1.88. The van der Waals surface area contributed by atoms with Crippen molar-refractivity contribution in [3.8, 4) is 0 Å². The van der Waals surface area contributed by atoms with Crippen LogP contribution in [0.1, 0.15) is 27.9 Å². The lowest BCUT2D eigenvalue weighted by Crippen LogP contribution is -2.31. The molecule has 0 bridgehead atoms. The predicted molar refractivity (Wildman–Crippen MR) is 74.2 cm³/mol. The van der Waals surface area contributed by atoms with Crippen molar-refractivity contribution >= 4 is 5.91 Å². The number of hydrogen-bond acceptors (Lipinski definition) is 2. The number of benzene rings is 1. The van der Waals surface area contributed by atoms with Crippen LogP contribution in [0.2, 0.25) is 0 Å². The Morgan fingerprint density at radius 3 is 2.63 bits per heavy atom. The fourth-order valence-corrected chi connectivity index (χ4v) is 3.91. The first kappa shape index (κ1) is 11.5. The molecule has 100 valence electrons. The van der Waals surface area contributed by atoms with E-state index in [1.54, 1.807) is 0 Å². The number of carbonyl (C=O) groups is 1. The van der Waals surface area contributed by atoms with E-state index in [1.165, 1.54) is 24.0 Å². The standard InChI is InChI=1S/C16H20N2O/c19-16(18-9-14-7-17-8-15(14)10-18)13-5-4-11-2-1-3-12(11)6-13/h4-6,14-15,17H,1-3,7-10H2. The molecule has 1 aromatic rings. The number of nitrogens with zero attached hydrogens (tertiary/aromatic N) is 1. The van der Waals surface area contributed by atoms with Gasteiger partial charge in [-0.3, -0.25) is 4.79 Å². The van der Waals surface area contributed by atoms with E-state index >= 15 is 0 Å². The Kier molecular flexibility index (Phi) is 2.62. The molecule has 2 atom stereocenters. The van der Waals surface area contributed by atoms with Gasteiger partial charge in [0.25, 0.3) is 5.91 Å². The highest BCUT2D eigenvalue weighted by Crippen LogP contribution is 2.28. The summed E-state index contributed by atoms with van der Waals surface area (Å²) in [6.07, 6.45) is 3.57. The van der Waals surface area contributed by atoms with Crippen LogP contribution in [-0.2, 0) is 12.8 Å². The third-order valence-corrected chi connectivity index (χ3v) is 5.02. The maximum Gasteiger partial charge on any atom is 0.253 e. The van der Waals surface area contributed by atoms with Crippen LogP contribution in [0, 0.1) is 11.8 Å². The second-order valence-electron chi connectivity index (χ2n) is 6.23. The molecule has 2 fully saturated rings. The van der Waals surface area contributed by atoms with Gasteiger partial charge in [-0.1, -0.05) is 6.07 Å². The van der Waals surface area contributed by atoms with Crippen molar-refractivity contribution in [1.82, 2.24) is 10.2 Å². The average Bonchev–Trinajstić information content (AvgIpc) is 3.11. The maximum atomic E-state index is 12.6. The number of nitrogens with one attached hydrogen (secondary N) is 1. The van der Waals surface area contributed by atoms with Gasteiger partial charge in [-0.25, -0.2) is 0 Å². The van der Waals surface area contributed by atoms with Gasteiger partial charge in [0.15, 0.2) is 0 Å². The molecule has 0 radical (unpaired) electrons. The Bertz CT molecular complexity index is 513. The molecule has 0 saturated carbocycles. The monoisotopic (exact) mass is 256 g/mol. The second kappa shape index (κ2) is 4.34. The van der Waals surface area contributed by atoms with Gasteiger partial charge in [-0.2, -0.15) is 0 Å². The lowest BCUT2D eigenvalue weighted by Gasteiger charge is -2.18. The minimum atomic E-state index is 0.240. The molecule has 0 spiro atoms. The Labute approximate surface area is 114 Å². The molecule has 19 heavy (non-hydrogen) atoms. The molecule has 3 heteroatoms. The molecule has 1 N–H and O–H groups in total. The SMILES string of the molecule is O=C(c1ccc2c(c1)CCC2)N1CC2CNCC2C1. The first-order chi connectivity index (χ1) is 9.31. The average molecular weight is 256 g/mol. The summed E-state index contributed by atoms with van der Waals surface area (Å²) in [6.45, 7) is 4.04. The summed E-state index contributed by atoms with van der Waals surface area (Å²) in [5.41, 5.74) is 3.74. The molecule has 2 unspecified atom stereocenters. The van der Waals surface area contributed by atoms with Crippen LogP contribution in [0.5, 0.6) is 0 Å². The van der Waals surface area contributed by atoms with E-state index in [0.717, 1.165) is 38.2 Å². The second-order valence-corrected chi connectivity index (χ2v) is 6.23. The lowest BCUT2D eigenvalue weighted by molar-refractivity contribution is 0.0781. The molecule has 1 aromatic carbocycles. The summed E-state index contributed by atoms with van der Waals surface area (Å²) in [5, 5.41) is 3.42. The minimum absolute atomic E-state index is 0.240. The summed E-state index contributed by atoms with van der Waals surface area (Å²) in [5.74, 6) is 1.60. The van der Waals surface area contributed by atoms with Gasteiger partial charge in [0.1, 0.15) is 0 Å². The van der Waals surface area contributed by atoms with Gasteiger partial charge in [0.2, 0.25) is 0 Å². The van der Waals surface area contributed by atoms with Gasteiger partial charge >= 0.3 is 0 Å². The maximum absolute atomic E-state index is 12.6. The van der Waals surface area contributed by atoms with Crippen LogP contribution in [0.15, 0.2) is 18.2 Å². The van der Waals surface area contributed by atoms with E-state index < -0.39 is 0 Å². The number of amides is 1. The van der Waals surface area contributed by atoms with Crippen molar-refractivity contribution in [2.24, 2.45) is 11.8 Å². The number of likely N-dealkylation sites (tertiary alicyclic amines) is 1. The summed E-state index contributed by atoms with van der Waals surface area (Å²) in [6, 6.07) is 6.32. The van der Waals surface area contributed by atoms with E-state index in [9.17, 15) is 4.79 Å². The van der Waals surface area contributed by atoms with Crippen LogP contribution in [-0.4, -0.2) is 37.0 Å². The number of hydrogen-bond donors (Lipinski definition) is 1. The smallest absolute Gasteiger partial charge is 0.253 e.